The van der Waals surface area contributed by atoms with Crippen LogP contribution in [0.15, 0.2) is 0 Å². The van der Waals surface area contributed by atoms with Crippen LogP contribution in [0.3, 0.4) is 0 Å². The van der Waals surface area contributed by atoms with Gasteiger partial charge >= 0.3 is 7.60 Å². The third kappa shape index (κ3) is 2.30. The summed E-state index contributed by atoms with van der Waals surface area (Å²) < 4.78 is 11.1. The standard InChI is InChI=1S/C7H16NO4P/c1-3-5-7(4-2,6(8)9)13(10,11)12/h3-5H2,1-2H3,(H2,8,9)(H2,10,11,12). The van der Waals surface area contributed by atoms with E-state index in [9.17, 15) is 9.36 Å². The normalized spacial score (nSPS) is 16.6. The number of primary amides is 1. The van der Waals surface area contributed by atoms with Crippen LogP contribution in [-0.4, -0.2) is 20.9 Å². The molecule has 0 aliphatic carbocycles. The summed E-state index contributed by atoms with van der Waals surface area (Å²) in [6.07, 6.45) is 0.714. The van der Waals surface area contributed by atoms with E-state index in [1.165, 1.54) is 0 Å². The Balaban J connectivity index is 5.11. The molecule has 0 saturated carbocycles. The Morgan fingerprint density at radius 2 is 1.92 bits per heavy atom. The van der Waals surface area contributed by atoms with E-state index in [1.807, 2.05) is 0 Å². The van der Waals surface area contributed by atoms with Crippen molar-refractivity contribution in [2.45, 2.75) is 38.3 Å². The summed E-state index contributed by atoms with van der Waals surface area (Å²) in [5.74, 6) is -0.912. The second-order valence-electron chi connectivity index (χ2n) is 3.04. The molecule has 13 heavy (non-hydrogen) atoms. The number of carbonyl (C=O) groups is 1. The highest BCUT2D eigenvalue weighted by Gasteiger charge is 2.49. The maximum atomic E-state index is 11.1. The van der Waals surface area contributed by atoms with Gasteiger partial charge in [-0.05, 0) is 12.8 Å². The van der Waals surface area contributed by atoms with Gasteiger partial charge in [0.1, 0.15) is 5.16 Å². The predicted molar refractivity (Wildman–Crippen MR) is 49.2 cm³/mol. The first-order valence-electron chi connectivity index (χ1n) is 4.17. The average molecular weight is 209 g/mol. The molecule has 6 heteroatoms. The minimum atomic E-state index is -4.45. The van der Waals surface area contributed by atoms with Crippen molar-refractivity contribution in [1.82, 2.24) is 0 Å². The number of hydrogen-bond acceptors (Lipinski definition) is 2. The monoisotopic (exact) mass is 209 g/mol. The van der Waals surface area contributed by atoms with E-state index in [0.717, 1.165) is 0 Å². The quantitative estimate of drug-likeness (QED) is 0.577. The van der Waals surface area contributed by atoms with Gasteiger partial charge in [0.15, 0.2) is 0 Å². The lowest BCUT2D eigenvalue weighted by atomic mass is 9.99. The third-order valence-electron chi connectivity index (χ3n) is 2.26. The van der Waals surface area contributed by atoms with Gasteiger partial charge in [-0.3, -0.25) is 9.36 Å². The van der Waals surface area contributed by atoms with E-state index in [0.29, 0.717) is 6.42 Å². The molecule has 0 rings (SSSR count). The van der Waals surface area contributed by atoms with Crippen molar-refractivity contribution in [3.63, 3.8) is 0 Å². The van der Waals surface area contributed by atoms with Crippen LogP contribution in [0.4, 0.5) is 0 Å². The van der Waals surface area contributed by atoms with Crippen LogP contribution in [0.25, 0.3) is 0 Å². The molecule has 0 radical (unpaired) electrons. The van der Waals surface area contributed by atoms with Gasteiger partial charge in [0.2, 0.25) is 5.91 Å². The van der Waals surface area contributed by atoms with Crippen molar-refractivity contribution in [3.05, 3.63) is 0 Å². The molecular formula is C7H16NO4P. The van der Waals surface area contributed by atoms with Crippen molar-refractivity contribution in [2.75, 3.05) is 0 Å². The van der Waals surface area contributed by atoms with Crippen LogP contribution in [0.5, 0.6) is 0 Å². The van der Waals surface area contributed by atoms with E-state index in [2.05, 4.69) is 0 Å². The van der Waals surface area contributed by atoms with Crippen molar-refractivity contribution >= 4 is 13.5 Å². The number of rotatable bonds is 5. The minimum absolute atomic E-state index is 0.0699. The van der Waals surface area contributed by atoms with Crippen LogP contribution in [0, 0.1) is 0 Å². The number of carbonyl (C=O) groups excluding carboxylic acids is 1. The summed E-state index contributed by atoms with van der Waals surface area (Å²) in [5.41, 5.74) is 5.02. The lowest BCUT2D eigenvalue weighted by Gasteiger charge is -2.29. The molecule has 1 atom stereocenters. The first-order valence-corrected chi connectivity index (χ1v) is 5.78. The number of amides is 1. The highest BCUT2D eigenvalue weighted by molar-refractivity contribution is 7.54. The third-order valence-corrected chi connectivity index (χ3v) is 4.14. The van der Waals surface area contributed by atoms with Crippen molar-refractivity contribution < 1.29 is 19.1 Å². The molecule has 0 spiro atoms. The van der Waals surface area contributed by atoms with Gasteiger partial charge in [-0.25, -0.2) is 0 Å². The summed E-state index contributed by atoms with van der Waals surface area (Å²) in [6.45, 7) is 3.31. The average Bonchev–Trinajstić information content (AvgIpc) is 1.96. The Kier molecular flexibility index (Phi) is 4.10. The first kappa shape index (κ1) is 12.6. The Bertz CT molecular complexity index is 237. The van der Waals surface area contributed by atoms with Crippen LogP contribution >= 0.6 is 7.60 Å². The molecule has 0 saturated heterocycles. The van der Waals surface area contributed by atoms with Gasteiger partial charge < -0.3 is 15.5 Å². The molecule has 5 nitrogen and oxygen atoms in total. The molecule has 4 N–H and O–H groups in total. The van der Waals surface area contributed by atoms with Gasteiger partial charge in [0.25, 0.3) is 0 Å². The van der Waals surface area contributed by atoms with Crippen LogP contribution < -0.4 is 5.73 Å². The lowest BCUT2D eigenvalue weighted by molar-refractivity contribution is -0.121. The molecule has 0 heterocycles. The molecule has 0 aromatic rings. The van der Waals surface area contributed by atoms with Crippen LogP contribution in [-0.2, 0) is 9.36 Å². The molecule has 78 valence electrons. The Morgan fingerprint density at radius 3 is 2.00 bits per heavy atom. The van der Waals surface area contributed by atoms with Crippen molar-refractivity contribution in [3.8, 4) is 0 Å². The second-order valence-corrected chi connectivity index (χ2v) is 4.99. The zero-order valence-electron chi connectivity index (χ0n) is 7.86. The molecule has 0 aliphatic rings. The largest absolute Gasteiger partial charge is 0.369 e. The topological polar surface area (TPSA) is 101 Å². The minimum Gasteiger partial charge on any atom is -0.369 e. The van der Waals surface area contributed by atoms with Crippen molar-refractivity contribution in [2.24, 2.45) is 5.73 Å². The van der Waals surface area contributed by atoms with Gasteiger partial charge in [0, 0.05) is 0 Å². The molecule has 0 aliphatic heterocycles. The van der Waals surface area contributed by atoms with Gasteiger partial charge in [-0.1, -0.05) is 20.3 Å². The number of hydrogen-bond donors (Lipinski definition) is 3. The maximum Gasteiger partial charge on any atom is 0.340 e. The summed E-state index contributed by atoms with van der Waals surface area (Å²) in [5, 5.41) is -1.66. The van der Waals surface area contributed by atoms with Crippen LogP contribution in [0.1, 0.15) is 33.1 Å². The van der Waals surface area contributed by atoms with Gasteiger partial charge in [-0.15, -0.1) is 0 Å². The Morgan fingerprint density at radius 1 is 1.46 bits per heavy atom. The molecule has 0 aromatic heterocycles. The highest BCUT2D eigenvalue weighted by atomic mass is 31.2. The fraction of sp³-hybridized carbons (Fsp3) is 0.857. The number of nitrogens with two attached hydrogens (primary N) is 1. The molecule has 0 aromatic carbocycles. The van der Waals surface area contributed by atoms with Gasteiger partial charge in [-0.2, -0.15) is 0 Å². The molecular weight excluding hydrogens is 193 g/mol. The Labute approximate surface area is 77.5 Å². The van der Waals surface area contributed by atoms with E-state index < -0.39 is 18.7 Å². The predicted octanol–water partition coefficient (Wildman–Crippen LogP) is 0.598. The van der Waals surface area contributed by atoms with E-state index >= 15 is 0 Å². The maximum absolute atomic E-state index is 11.1. The van der Waals surface area contributed by atoms with E-state index in [1.54, 1.807) is 13.8 Å². The van der Waals surface area contributed by atoms with E-state index in [-0.39, 0.29) is 12.8 Å². The zero-order chi connectivity index (χ0) is 10.7. The first-order chi connectivity index (χ1) is 5.81. The van der Waals surface area contributed by atoms with Crippen LogP contribution in [0.2, 0.25) is 0 Å². The fourth-order valence-electron chi connectivity index (χ4n) is 1.38. The fourth-order valence-corrected chi connectivity index (χ4v) is 2.60. The summed E-state index contributed by atoms with van der Waals surface area (Å²) in [4.78, 5) is 29.1. The summed E-state index contributed by atoms with van der Waals surface area (Å²) in [6, 6.07) is 0. The molecule has 0 fully saturated rings. The Hall–Kier alpha value is -0.380. The second kappa shape index (κ2) is 4.22. The smallest absolute Gasteiger partial charge is 0.340 e. The summed E-state index contributed by atoms with van der Waals surface area (Å²) >= 11 is 0. The van der Waals surface area contributed by atoms with E-state index in [4.69, 9.17) is 15.5 Å². The SMILES string of the molecule is CCCC(CC)(C(N)=O)P(=O)(O)O. The van der Waals surface area contributed by atoms with Crippen molar-refractivity contribution in [1.29, 1.82) is 0 Å². The lowest BCUT2D eigenvalue weighted by Crippen LogP contribution is -2.43. The molecule has 1 unspecified atom stereocenters. The highest BCUT2D eigenvalue weighted by Crippen LogP contribution is 2.54. The molecule has 1 amide bonds. The molecule has 0 bridgehead atoms. The summed E-state index contributed by atoms with van der Waals surface area (Å²) in [7, 11) is -4.45. The zero-order valence-corrected chi connectivity index (χ0v) is 8.75. The van der Waals surface area contributed by atoms with Gasteiger partial charge in [0.05, 0.1) is 0 Å².